The molecule has 1 aromatic rings. The Bertz CT molecular complexity index is 268. The van der Waals surface area contributed by atoms with Gasteiger partial charge >= 0.3 is 0 Å². The molecule has 0 amide bonds. The van der Waals surface area contributed by atoms with E-state index >= 15 is 0 Å². The number of carbonyl (C=O) groups is 1. The number of Topliss-reactive ketones (excluding diaryl/α,β-unsaturated/α-hetero) is 1. The second-order valence-corrected chi connectivity index (χ2v) is 2.78. The first-order valence-corrected chi connectivity index (χ1v) is 4.33. The van der Waals surface area contributed by atoms with E-state index < -0.39 is 0 Å². The summed E-state index contributed by atoms with van der Waals surface area (Å²) in [5.74, 6) is 0.687. The van der Waals surface area contributed by atoms with Gasteiger partial charge in [0, 0.05) is 11.3 Å². The minimum Gasteiger partial charge on any atom is -0.376 e. The molecule has 2 nitrogen and oxygen atoms in total. The van der Waals surface area contributed by atoms with Gasteiger partial charge in [0.15, 0.2) is 5.78 Å². The molecule has 0 atom stereocenters. The van der Waals surface area contributed by atoms with Crippen LogP contribution in [-0.4, -0.2) is 11.7 Å². The summed E-state index contributed by atoms with van der Waals surface area (Å²) < 4.78 is 0. The summed E-state index contributed by atoms with van der Waals surface area (Å²) >= 11 is 4.02. The third-order valence-corrected chi connectivity index (χ3v) is 1.73. The average Bonchev–Trinajstić information content (AvgIpc) is 2.06. The summed E-state index contributed by atoms with van der Waals surface area (Å²) in [6.45, 7) is 1.56. The molecule has 64 valence electrons. The molecule has 1 rings (SSSR count). The Morgan fingerprint density at radius 1 is 1.42 bits per heavy atom. The van der Waals surface area contributed by atoms with E-state index in [9.17, 15) is 4.79 Å². The Kier molecular flexibility index (Phi) is 3.17. The smallest absolute Gasteiger partial charge is 0.159 e. The fraction of sp³-hybridized carbons (Fsp3) is 0.222. The number of anilines is 1. The van der Waals surface area contributed by atoms with Gasteiger partial charge in [-0.1, -0.05) is 0 Å². The zero-order valence-corrected chi connectivity index (χ0v) is 7.77. The van der Waals surface area contributed by atoms with E-state index in [1.807, 2.05) is 12.1 Å². The van der Waals surface area contributed by atoms with Crippen molar-refractivity contribution in [2.75, 3.05) is 11.2 Å². The molecule has 0 aromatic heterocycles. The highest BCUT2D eigenvalue weighted by atomic mass is 32.1. The van der Waals surface area contributed by atoms with Crippen LogP contribution < -0.4 is 5.32 Å². The molecule has 0 unspecified atom stereocenters. The molecule has 0 aliphatic heterocycles. The lowest BCUT2D eigenvalue weighted by atomic mass is 10.1. The Labute approximate surface area is 77.4 Å². The number of ketones is 1. The van der Waals surface area contributed by atoms with Crippen molar-refractivity contribution in [1.29, 1.82) is 0 Å². The standard InChI is InChI=1S/C9H11NOS/c1-7(11)8-2-4-9(5-3-8)10-6-12/h2-5,10,12H,6H2,1H3. The molecule has 1 N–H and O–H groups in total. The molecule has 0 spiro atoms. The largest absolute Gasteiger partial charge is 0.376 e. The quantitative estimate of drug-likeness (QED) is 0.425. The number of rotatable bonds is 3. The van der Waals surface area contributed by atoms with E-state index in [0.29, 0.717) is 5.88 Å². The molecule has 0 saturated carbocycles. The van der Waals surface area contributed by atoms with Crippen molar-refractivity contribution in [3.63, 3.8) is 0 Å². The Morgan fingerprint density at radius 2 is 2.00 bits per heavy atom. The van der Waals surface area contributed by atoms with Crippen LogP contribution in [0.15, 0.2) is 24.3 Å². The van der Waals surface area contributed by atoms with Gasteiger partial charge in [-0.05, 0) is 31.2 Å². The first kappa shape index (κ1) is 9.13. The van der Waals surface area contributed by atoms with Crippen LogP contribution in [0.3, 0.4) is 0 Å². The molecule has 0 fully saturated rings. The molecular weight excluding hydrogens is 170 g/mol. The van der Waals surface area contributed by atoms with Crippen LogP contribution in [0, 0.1) is 0 Å². The van der Waals surface area contributed by atoms with Crippen LogP contribution in [0.2, 0.25) is 0 Å². The summed E-state index contributed by atoms with van der Waals surface area (Å²) in [6.07, 6.45) is 0. The summed E-state index contributed by atoms with van der Waals surface area (Å²) in [6, 6.07) is 7.34. The van der Waals surface area contributed by atoms with E-state index in [1.54, 1.807) is 19.1 Å². The summed E-state index contributed by atoms with van der Waals surface area (Å²) in [5, 5.41) is 3.03. The second kappa shape index (κ2) is 4.16. The maximum atomic E-state index is 10.9. The molecule has 0 saturated heterocycles. The van der Waals surface area contributed by atoms with E-state index in [1.165, 1.54) is 0 Å². The number of carbonyl (C=O) groups excluding carboxylic acids is 1. The first-order valence-electron chi connectivity index (χ1n) is 3.70. The van der Waals surface area contributed by atoms with Crippen LogP contribution in [0.1, 0.15) is 17.3 Å². The van der Waals surface area contributed by atoms with Gasteiger partial charge in [-0.15, -0.1) is 0 Å². The number of hydrogen-bond acceptors (Lipinski definition) is 3. The van der Waals surface area contributed by atoms with Gasteiger partial charge in [-0.3, -0.25) is 4.79 Å². The highest BCUT2D eigenvalue weighted by molar-refractivity contribution is 7.80. The van der Waals surface area contributed by atoms with E-state index in [-0.39, 0.29) is 5.78 Å². The molecule has 1 aromatic carbocycles. The van der Waals surface area contributed by atoms with Gasteiger partial charge in [-0.2, -0.15) is 12.6 Å². The molecule has 12 heavy (non-hydrogen) atoms. The van der Waals surface area contributed by atoms with Gasteiger partial charge in [0.25, 0.3) is 0 Å². The van der Waals surface area contributed by atoms with Gasteiger partial charge < -0.3 is 5.32 Å². The molecule has 0 aliphatic rings. The lowest BCUT2D eigenvalue weighted by molar-refractivity contribution is 0.101. The Hall–Kier alpha value is -0.960. The van der Waals surface area contributed by atoms with Gasteiger partial charge in [0.1, 0.15) is 0 Å². The van der Waals surface area contributed by atoms with E-state index in [0.717, 1.165) is 11.3 Å². The summed E-state index contributed by atoms with van der Waals surface area (Å²) in [7, 11) is 0. The predicted molar refractivity (Wildman–Crippen MR) is 53.9 cm³/mol. The molecule has 0 radical (unpaired) electrons. The average molecular weight is 181 g/mol. The molecule has 0 aliphatic carbocycles. The van der Waals surface area contributed by atoms with Gasteiger partial charge in [-0.25, -0.2) is 0 Å². The number of nitrogens with one attached hydrogen (secondary N) is 1. The van der Waals surface area contributed by atoms with Crippen molar-refractivity contribution >= 4 is 24.1 Å². The lowest BCUT2D eigenvalue weighted by Gasteiger charge is -2.02. The highest BCUT2D eigenvalue weighted by Gasteiger charge is 1.97. The molecule has 0 heterocycles. The minimum atomic E-state index is 0.0902. The van der Waals surface area contributed by atoms with Crippen molar-refractivity contribution in [1.82, 2.24) is 0 Å². The number of thiol groups is 1. The summed E-state index contributed by atoms with van der Waals surface area (Å²) in [4.78, 5) is 10.9. The zero-order chi connectivity index (χ0) is 8.97. The summed E-state index contributed by atoms with van der Waals surface area (Å²) in [5.41, 5.74) is 1.72. The SMILES string of the molecule is CC(=O)c1ccc(NCS)cc1. The lowest BCUT2D eigenvalue weighted by Crippen LogP contribution is -1.96. The maximum Gasteiger partial charge on any atom is 0.159 e. The third-order valence-electron chi connectivity index (χ3n) is 1.57. The molecule has 0 bridgehead atoms. The Balaban J connectivity index is 2.78. The first-order chi connectivity index (χ1) is 5.74. The monoisotopic (exact) mass is 181 g/mol. The van der Waals surface area contributed by atoms with Crippen molar-refractivity contribution in [3.8, 4) is 0 Å². The van der Waals surface area contributed by atoms with Crippen molar-refractivity contribution in [2.45, 2.75) is 6.92 Å². The van der Waals surface area contributed by atoms with Crippen LogP contribution in [-0.2, 0) is 0 Å². The van der Waals surface area contributed by atoms with Crippen LogP contribution in [0.5, 0.6) is 0 Å². The topological polar surface area (TPSA) is 29.1 Å². The van der Waals surface area contributed by atoms with Crippen molar-refractivity contribution < 1.29 is 4.79 Å². The number of benzene rings is 1. The van der Waals surface area contributed by atoms with Crippen molar-refractivity contribution in [3.05, 3.63) is 29.8 Å². The highest BCUT2D eigenvalue weighted by Crippen LogP contribution is 2.09. The fourth-order valence-electron chi connectivity index (χ4n) is 0.914. The van der Waals surface area contributed by atoms with Crippen LogP contribution >= 0.6 is 12.6 Å². The third kappa shape index (κ3) is 2.27. The fourth-order valence-corrected chi connectivity index (χ4v) is 1.10. The van der Waals surface area contributed by atoms with Crippen LogP contribution in [0.4, 0.5) is 5.69 Å². The molecule has 3 heteroatoms. The van der Waals surface area contributed by atoms with Gasteiger partial charge in [0.2, 0.25) is 0 Å². The van der Waals surface area contributed by atoms with E-state index in [2.05, 4.69) is 17.9 Å². The minimum absolute atomic E-state index is 0.0902. The van der Waals surface area contributed by atoms with E-state index in [4.69, 9.17) is 0 Å². The predicted octanol–water partition coefficient (Wildman–Crippen LogP) is 2.19. The zero-order valence-electron chi connectivity index (χ0n) is 6.87. The van der Waals surface area contributed by atoms with Crippen LogP contribution in [0.25, 0.3) is 0 Å². The number of hydrogen-bond donors (Lipinski definition) is 2. The Morgan fingerprint density at radius 3 is 2.42 bits per heavy atom. The second-order valence-electron chi connectivity index (χ2n) is 2.47. The normalized spacial score (nSPS) is 9.50. The van der Waals surface area contributed by atoms with Crippen molar-refractivity contribution in [2.24, 2.45) is 0 Å². The molecular formula is C9H11NOS. The van der Waals surface area contributed by atoms with Gasteiger partial charge in [0.05, 0.1) is 5.88 Å². The maximum absolute atomic E-state index is 10.9.